The molecule has 1 fully saturated rings. The van der Waals surface area contributed by atoms with Gasteiger partial charge in [0.15, 0.2) is 0 Å². The normalized spacial score (nSPS) is 19.3. The fraction of sp³-hybridized carbons (Fsp3) is 0.857. The van der Waals surface area contributed by atoms with Gasteiger partial charge in [-0.2, -0.15) is 0 Å². The van der Waals surface area contributed by atoms with Crippen molar-refractivity contribution in [2.24, 2.45) is 11.1 Å². The average molecular weight is 270 g/mol. The topological polar surface area (TPSA) is 70.9 Å². The SMILES string of the molecule is CC(C)(C)OC(=O)N[C@H](/C=N/O)CC1CCCCC1. The molecule has 1 amide bonds. The van der Waals surface area contributed by atoms with Gasteiger partial charge < -0.3 is 15.3 Å². The minimum Gasteiger partial charge on any atom is -0.444 e. The lowest BCUT2D eigenvalue weighted by Crippen LogP contribution is -2.41. The van der Waals surface area contributed by atoms with E-state index in [0.29, 0.717) is 5.92 Å². The summed E-state index contributed by atoms with van der Waals surface area (Å²) in [6.07, 6.45) is 7.89. The Morgan fingerprint density at radius 1 is 1.42 bits per heavy atom. The van der Waals surface area contributed by atoms with Crippen molar-refractivity contribution < 1.29 is 14.7 Å². The van der Waals surface area contributed by atoms with E-state index in [-0.39, 0.29) is 6.04 Å². The molecule has 0 aromatic heterocycles. The number of carbonyl (C=O) groups excluding carboxylic acids is 1. The zero-order valence-electron chi connectivity index (χ0n) is 12.2. The summed E-state index contributed by atoms with van der Waals surface area (Å²) in [5.74, 6) is 0.590. The lowest BCUT2D eigenvalue weighted by molar-refractivity contribution is 0.0512. The van der Waals surface area contributed by atoms with Crippen molar-refractivity contribution in [2.75, 3.05) is 0 Å². The number of hydrogen-bond donors (Lipinski definition) is 2. The van der Waals surface area contributed by atoms with Crippen LogP contribution in [0.5, 0.6) is 0 Å². The van der Waals surface area contributed by atoms with Gasteiger partial charge in [0.05, 0.1) is 12.3 Å². The monoisotopic (exact) mass is 270 g/mol. The molecule has 5 nitrogen and oxygen atoms in total. The summed E-state index contributed by atoms with van der Waals surface area (Å²) < 4.78 is 5.21. The summed E-state index contributed by atoms with van der Waals surface area (Å²) in [6, 6.07) is -0.261. The molecule has 1 aliphatic carbocycles. The molecule has 1 atom stereocenters. The van der Waals surface area contributed by atoms with Crippen molar-refractivity contribution in [2.45, 2.75) is 70.9 Å². The molecule has 2 N–H and O–H groups in total. The first kappa shape index (κ1) is 15.8. The predicted octanol–water partition coefficient (Wildman–Crippen LogP) is 3.31. The van der Waals surface area contributed by atoms with E-state index in [4.69, 9.17) is 9.94 Å². The van der Waals surface area contributed by atoms with Crippen LogP contribution in [0.4, 0.5) is 4.79 Å². The maximum absolute atomic E-state index is 11.7. The van der Waals surface area contributed by atoms with E-state index < -0.39 is 11.7 Å². The number of nitrogens with one attached hydrogen (secondary N) is 1. The zero-order chi connectivity index (χ0) is 14.3. The van der Waals surface area contributed by atoms with Crippen LogP contribution in [0.3, 0.4) is 0 Å². The Balaban J connectivity index is 2.45. The standard InChI is InChI=1S/C14H26N2O3/c1-14(2,3)19-13(17)16-12(10-15-18)9-11-7-5-4-6-8-11/h10-12,18H,4-9H2,1-3H3,(H,16,17)/b15-10+/t12-/m0/s1. The van der Waals surface area contributed by atoms with Crippen LogP contribution in [-0.4, -0.2) is 29.2 Å². The van der Waals surface area contributed by atoms with Gasteiger partial charge in [-0.25, -0.2) is 4.79 Å². The van der Waals surface area contributed by atoms with Crippen LogP contribution >= 0.6 is 0 Å². The van der Waals surface area contributed by atoms with E-state index >= 15 is 0 Å². The second kappa shape index (κ2) is 7.36. The van der Waals surface area contributed by atoms with Crippen LogP contribution < -0.4 is 5.32 Å². The number of carbonyl (C=O) groups is 1. The molecule has 0 aliphatic heterocycles. The van der Waals surface area contributed by atoms with Crippen LogP contribution in [0.1, 0.15) is 59.3 Å². The Hall–Kier alpha value is -1.26. The lowest BCUT2D eigenvalue weighted by atomic mass is 9.85. The zero-order valence-corrected chi connectivity index (χ0v) is 12.2. The molecule has 0 unspecified atom stereocenters. The Morgan fingerprint density at radius 2 is 2.05 bits per heavy atom. The second-order valence-corrected chi connectivity index (χ2v) is 6.26. The van der Waals surface area contributed by atoms with E-state index in [1.54, 1.807) is 0 Å². The first-order chi connectivity index (χ1) is 8.90. The first-order valence-corrected chi connectivity index (χ1v) is 7.08. The van der Waals surface area contributed by atoms with Crippen LogP contribution in [0.25, 0.3) is 0 Å². The van der Waals surface area contributed by atoms with Gasteiger partial charge in [-0.3, -0.25) is 0 Å². The molecule has 110 valence electrons. The smallest absolute Gasteiger partial charge is 0.408 e. The van der Waals surface area contributed by atoms with Gasteiger partial charge in [0.1, 0.15) is 5.60 Å². The molecule has 1 rings (SSSR count). The van der Waals surface area contributed by atoms with E-state index in [2.05, 4.69) is 10.5 Å². The summed E-state index contributed by atoms with van der Waals surface area (Å²) in [6.45, 7) is 5.47. The fourth-order valence-electron chi connectivity index (χ4n) is 2.48. The maximum Gasteiger partial charge on any atom is 0.408 e. The molecule has 1 saturated carbocycles. The summed E-state index contributed by atoms with van der Waals surface area (Å²) in [5.41, 5.74) is -0.518. The Morgan fingerprint density at radius 3 is 2.58 bits per heavy atom. The summed E-state index contributed by atoms with van der Waals surface area (Å²) in [4.78, 5) is 11.7. The molecule has 0 heterocycles. The highest BCUT2D eigenvalue weighted by molar-refractivity contribution is 5.75. The molecule has 0 spiro atoms. The minimum atomic E-state index is -0.518. The summed E-state index contributed by atoms with van der Waals surface area (Å²) in [5, 5.41) is 14.5. The van der Waals surface area contributed by atoms with Gasteiger partial charge >= 0.3 is 6.09 Å². The molecule has 0 aromatic rings. The number of amides is 1. The Bertz CT molecular complexity index is 304. The summed E-state index contributed by atoms with van der Waals surface area (Å²) in [7, 11) is 0. The third-order valence-electron chi connectivity index (χ3n) is 3.26. The largest absolute Gasteiger partial charge is 0.444 e. The van der Waals surface area contributed by atoms with Crippen LogP contribution in [-0.2, 0) is 4.74 Å². The van der Waals surface area contributed by atoms with Crippen molar-refractivity contribution in [3.8, 4) is 0 Å². The number of nitrogens with zero attached hydrogens (tertiary/aromatic N) is 1. The third kappa shape index (κ3) is 7.03. The molecule has 0 aromatic carbocycles. The van der Waals surface area contributed by atoms with Gasteiger partial charge in [-0.15, -0.1) is 0 Å². The highest BCUT2D eigenvalue weighted by atomic mass is 16.6. The average Bonchev–Trinajstić information content (AvgIpc) is 2.27. The Labute approximate surface area is 115 Å². The number of alkyl carbamates (subject to hydrolysis) is 1. The quantitative estimate of drug-likeness (QED) is 0.467. The predicted molar refractivity (Wildman–Crippen MR) is 74.6 cm³/mol. The molecule has 0 saturated heterocycles. The van der Waals surface area contributed by atoms with Crippen molar-refractivity contribution in [1.29, 1.82) is 0 Å². The van der Waals surface area contributed by atoms with E-state index in [1.807, 2.05) is 20.8 Å². The van der Waals surface area contributed by atoms with Crippen molar-refractivity contribution in [3.63, 3.8) is 0 Å². The van der Waals surface area contributed by atoms with Crippen molar-refractivity contribution >= 4 is 12.3 Å². The fourth-order valence-corrected chi connectivity index (χ4v) is 2.48. The third-order valence-corrected chi connectivity index (χ3v) is 3.26. The number of hydrogen-bond acceptors (Lipinski definition) is 4. The summed E-state index contributed by atoms with van der Waals surface area (Å²) >= 11 is 0. The number of oxime groups is 1. The van der Waals surface area contributed by atoms with E-state index in [1.165, 1.54) is 38.3 Å². The molecule has 0 radical (unpaired) electrons. The van der Waals surface area contributed by atoms with E-state index in [9.17, 15) is 4.79 Å². The minimum absolute atomic E-state index is 0.261. The van der Waals surface area contributed by atoms with Gasteiger partial charge in [-0.05, 0) is 33.1 Å². The first-order valence-electron chi connectivity index (χ1n) is 7.08. The van der Waals surface area contributed by atoms with Gasteiger partial charge in [0.2, 0.25) is 0 Å². The molecular formula is C14H26N2O3. The van der Waals surface area contributed by atoms with Crippen molar-refractivity contribution in [3.05, 3.63) is 0 Å². The molecular weight excluding hydrogens is 244 g/mol. The van der Waals surface area contributed by atoms with Gasteiger partial charge in [0.25, 0.3) is 0 Å². The van der Waals surface area contributed by atoms with Gasteiger partial charge in [-0.1, -0.05) is 37.3 Å². The van der Waals surface area contributed by atoms with Crippen molar-refractivity contribution in [1.82, 2.24) is 5.32 Å². The molecule has 19 heavy (non-hydrogen) atoms. The molecule has 1 aliphatic rings. The Kier molecular flexibility index (Phi) is 6.12. The highest BCUT2D eigenvalue weighted by Gasteiger charge is 2.22. The van der Waals surface area contributed by atoms with Crippen LogP contribution in [0, 0.1) is 5.92 Å². The van der Waals surface area contributed by atoms with E-state index in [0.717, 1.165) is 6.42 Å². The second-order valence-electron chi connectivity index (χ2n) is 6.26. The van der Waals surface area contributed by atoms with Gasteiger partial charge in [0, 0.05) is 0 Å². The maximum atomic E-state index is 11.7. The van der Waals surface area contributed by atoms with Crippen LogP contribution in [0.2, 0.25) is 0 Å². The number of ether oxygens (including phenoxy) is 1. The highest BCUT2D eigenvalue weighted by Crippen LogP contribution is 2.27. The lowest BCUT2D eigenvalue weighted by Gasteiger charge is -2.26. The molecule has 0 bridgehead atoms. The van der Waals surface area contributed by atoms with Crippen LogP contribution in [0.15, 0.2) is 5.16 Å². The number of rotatable bonds is 4. The molecule has 5 heteroatoms.